The van der Waals surface area contributed by atoms with Crippen LogP contribution in [0.5, 0.6) is 0 Å². The molecular weight excluding hydrogens is 237 g/mol. The van der Waals surface area contributed by atoms with E-state index in [-0.39, 0.29) is 11.8 Å². The highest BCUT2D eigenvalue weighted by atomic mass is 19.1. The van der Waals surface area contributed by atoms with Crippen LogP contribution in [0.15, 0.2) is 29.4 Å². The largest absolute Gasteiger partial charge is 0.338 e. The van der Waals surface area contributed by atoms with Crippen LogP contribution in [0.2, 0.25) is 0 Å². The van der Waals surface area contributed by atoms with Crippen LogP contribution in [0, 0.1) is 5.82 Å². The summed E-state index contributed by atoms with van der Waals surface area (Å²) in [5.74, 6) is -0.348. The second-order valence-corrected chi connectivity index (χ2v) is 3.55. The molecule has 96 valence electrons. The van der Waals surface area contributed by atoms with Gasteiger partial charge in [0.05, 0.1) is 0 Å². The number of carbonyl (C=O) groups excluding carboxylic acids is 1. The van der Waals surface area contributed by atoms with E-state index in [4.69, 9.17) is 5.53 Å². The Morgan fingerprint density at radius 2 is 2.06 bits per heavy atom. The zero-order valence-electron chi connectivity index (χ0n) is 9.77. The van der Waals surface area contributed by atoms with Crippen LogP contribution in [0.1, 0.15) is 12.8 Å². The van der Waals surface area contributed by atoms with Crippen molar-refractivity contribution in [1.29, 1.82) is 0 Å². The summed E-state index contributed by atoms with van der Waals surface area (Å²) in [6.45, 7) is 0.922. The molecule has 0 bridgehead atoms. The number of amides is 2. The summed E-state index contributed by atoms with van der Waals surface area (Å²) >= 11 is 0. The lowest BCUT2D eigenvalue weighted by molar-refractivity contribution is 0.252. The second kappa shape index (κ2) is 7.92. The van der Waals surface area contributed by atoms with Crippen LogP contribution >= 0.6 is 0 Å². The van der Waals surface area contributed by atoms with Gasteiger partial charge in [0.15, 0.2) is 0 Å². The van der Waals surface area contributed by atoms with Gasteiger partial charge in [0.25, 0.3) is 0 Å². The van der Waals surface area contributed by atoms with E-state index >= 15 is 0 Å². The van der Waals surface area contributed by atoms with Gasteiger partial charge in [-0.2, -0.15) is 0 Å². The summed E-state index contributed by atoms with van der Waals surface area (Å²) in [6.07, 6.45) is 1.46. The highest BCUT2D eigenvalue weighted by Crippen LogP contribution is 2.07. The van der Waals surface area contributed by atoms with Gasteiger partial charge in [-0.15, -0.1) is 0 Å². The van der Waals surface area contributed by atoms with Crippen molar-refractivity contribution < 1.29 is 9.18 Å². The van der Waals surface area contributed by atoms with E-state index in [1.54, 1.807) is 0 Å². The van der Waals surface area contributed by atoms with Gasteiger partial charge in [0, 0.05) is 23.7 Å². The number of unbranched alkanes of at least 4 members (excludes halogenated alkanes) is 1. The fourth-order valence-electron chi connectivity index (χ4n) is 1.26. The molecule has 2 amide bonds. The molecule has 1 rings (SSSR count). The first-order chi connectivity index (χ1) is 8.72. The molecule has 0 radical (unpaired) electrons. The zero-order chi connectivity index (χ0) is 13.2. The topological polar surface area (TPSA) is 89.9 Å². The lowest BCUT2D eigenvalue weighted by Gasteiger charge is -2.06. The normalized spacial score (nSPS) is 9.39. The highest BCUT2D eigenvalue weighted by Gasteiger charge is 2.00. The molecule has 0 heterocycles. The van der Waals surface area contributed by atoms with Crippen LogP contribution in [0.3, 0.4) is 0 Å². The first-order valence-corrected chi connectivity index (χ1v) is 5.53. The Morgan fingerprint density at radius 3 is 2.72 bits per heavy atom. The van der Waals surface area contributed by atoms with E-state index in [9.17, 15) is 9.18 Å². The molecule has 0 aliphatic carbocycles. The van der Waals surface area contributed by atoms with Crippen molar-refractivity contribution in [2.45, 2.75) is 12.8 Å². The minimum atomic E-state index is -0.348. The Hall–Kier alpha value is -2.27. The number of hydrogen-bond donors (Lipinski definition) is 2. The van der Waals surface area contributed by atoms with E-state index in [2.05, 4.69) is 20.7 Å². The van der Waals surface area contributed by atoms with Gasteiger partial charge in [-0.3, -0.25) is 0 Å². The van der Waals surface area contributed by atoms with Gasteiger partial charge in [-0.1, -0.05) is 5.11 Å². The van der Waals surface area contributed by atoms with Crippen molar-refractivity contribution in [3.05, 3.63) is 40.5 Å². The van der Waals surface area contributed by atoms with Crippen LogP contribution < -0.4 is 10.6 Å². The quantitative estimate of drug-likeness (QED) is 0.346. The third-order valence-electron chi connectivity index (χ3n) is 2.14. The summed E-state index contributed by atoms with van der Waals surface area (Å²) in [7, 11) is 0. The van der Waals surface area contributed by atoms with Crippen molar-refractivity contribution in [3.63, 3.8) is 0 Å². The molecule has 0 aliphatic rings. The Balaban J connectivity index is 2.17. The van der Waals surface area contributed by atoms with Crippen LogP contribution in [-0.2, 0) is 0 Å². The molecule has 18 heavy (non-hydrogen) atoms. The lowest BCUT2D eigenvalue weighted by Crippen LogP contribution is -2.29. The fraction of sp³-hybridized carbons (Fsp3) is 0.364. The third kappa shape index (κ3) is 5.72. The summed E-state index contributed by atoms with van der Waals surface area (Å²) in [5, 5.41) is 8.60. The van der Waals surface area contributed by atoms with Crippen molar-refractivity contribution in [2.24, 2.45) is 5.11 Å². The average molecular weight is 251 g/mol. The van der Waals surface area contributed by atoms with E-state index in [1.165, 1.54) is 24.3 Å². The molecule has 0 aliphatic heterocycles. The maximum Gasteiger partial charge on any atom is 0.319 e. The van der Waals surface area contributed by atoms with Gasteiger partial charge < -0.3 is 10.6 Å². The Morgan fingerprint density at radius 1 is 1.33 bits per heavy atom. The smallest absolute Gasteiger partial charge is 0.319 e. The molecule has 1 aromatic carbocycles. The minimum Gasteiger partial charge on any atom is -0.338 e. The third-order valence-corrected chi connectivity index (χ3v) is 2.14. The lowest BCUT2D eigenvalue weighted by atomic mass is 10.3. The number of rotatable bonds is 6. The van der Waals surface area contributed by atoms with E-state index in [0.717, 1.165) is 12.8 Å². The number of halogens is 1. The average Bonchev–Trinajstić information content (AvgIpc) is 2.36. The maximum absolute atomic E-state index is 12.6. The fourth-order valence-corrected chi connectivity index (χ4v) is 1.26. The van der Waals surface area contributed by atoms with E-state index < -0.39 is 0 Å². The minimum absolute atomic E-state index is 0.342. The van der Waals surface area contributed by atoms with Gasteiger partial charge in [0.1, 0.15) is 5.82 Å². The second-order valence-electron chi connectivity index (χ2n) is 3.55. The molecule has 1 aromatic rings. The number of hydrogen-bond acceptors (Lipinski definition) is 2. The number of urea groups is 1. The predicted octanol–water partition coefficient (Wildman–Crippen LogP) is 3.04. The number of benzene rings is 1. The van der Waals surface area contributed by atoms with Gasteiger partial charge >= 0.3 is 6.03 Å². The first-order valence-electron chi connectivity index (χ1n) is 5.53. The standard InChI is InChI=1S/C11H14FN5O/c12-9-3-5-10(6-4-9)16-11(18)14-7-1-2-8-15-17-13/h3-6H,1-2,7-8H2,(H2,14,16,18). The number of azide groups is 1. The van der Waals surface area contributed by atoms with Gasteiger partial charge in [-0.05, 0) is 42.6 Å². The Kier molecular flexibility index (Phi) is 6.07. The molecule has 0 atom stereocenters. The molecule has 0 aromatic heterocycles. The summed E-state index contributed by atoms with van der Waals surface area (Å²) in [5.41, 5.74) is 8.58. The van der Waals surface area contributed by atoms with E-state index in [1.807, 2.05) is 0 Å². The molecule has 0 fully saturated rings. The van der Waals surface area contributed by atoms with Gasteiger partial charge in [-0.25, -0.2) is 9.18 Å². The molecule has 2 N–H and O–H groups in total. The number of carbonyl (C=O) groups is 1. The molecule has 0 saturated heterocycles. The Bertz CT molecular complexity index is 428. The van der Waals surface area contributed by atoms with Crippen LogP contribution in [-0.4, -0.2) is 19.1 Å². The van der Waals surface area contributed by atoms with Crippen molar-refractivity contribution in [3.8, 4) is 0 Å². The number of nitrogens with one attached hydrogen (secondary N) is 2. The molecule has 0 unspecified atom stereocenters. The van der Waals surface area contributed by atoms with E-state index in [0.29, 0.717) is 18.8 Å². The molecule has 7 heteroatoms. The molecular formula is C11H14FN5O. The number of anilines is 1. The summed E-state index contributed by atoms with van der Waals surface area (Å²) in [6, 6.07) is 5.17. The maximum atomic E-state index is 12.6. The molecule has 0 saturated carbocycles. The Labute approximate surface area is 104 Å². The first kappa shape index (κ1) is 13.8. The predicted molar refractivity (Wildman–Crippen MR) is 66.7 cm³/mol. The van der Waals surface area contributed by atoms with Crippen LogP contribution in [0.25, 0.3) is 10.4 Å². The summed E-state index contributed by atoms with van der Waals surface area (Å²) in [4.78, 5) is 14.0. The zero-order valence-corrected chi connectivity index (χ0v) is 9.77. The monoisotopic (exact) mass is 251 g/mol. The molecule has 0 spiro atoms. The van der Waals surface area contributed by atoms with Crippen molar-refractivity contribution >= 4 is 11.7 Å². The van der Waals surface area contributed by atoms with Crippen LogP contribution in [0.4, 0.5) is 14.9 Å². The van der Waals surface area contributed by atoms with Crippen molar-refractivity contribution in [1.82, 2.24) is 5.32 Å². The SMILES string of the molecule is [N-]=[N+]=NCCCCNC(=O)Nc1ccc(F)cc1. The summed E-state index contributed by atoms with van der Waals surface area (Å²) < 4.78 is 12.6. The number of nitrogens with zero attached hydrogens (tertiary/aromatic N) is 3. The van der Waals surface area contributed by atoms with Crippen molar-refractivity contribution in [2.75, 3.05) is 18.4 Å². The molecule has 6 nitrogen and oxygen atoms in total. The highest BCUT2D eigenvalue weighted by molar-refractivity contribution is 5.89. The van der Waals surface area contributed by atoms with Gasteiger partial charge in [0.2, 0.25) is 0 Å².